The second kappa shape index (κ2) is 10.9. The third kappa shape index (κ3) is 5.48. The van der Waals surface area contributed by atoms with Crippen LogP contribution in [0, 0.1) is 0 Å². The van der Waals surface area contributed by atoms with E-state index in [1.165, 1.54) is 4.90 Å². The molecular weight excluding hydrogens is 448 g/mol. The molecule has 1 aliphatic carbocycles. The minimum atomic E-state index is -1.13. The second-order valence-corrected chi connectivity index (χ2v) is 9.30. The van der Waals surface area contributed by atoms with Crippen molar-refractivity contribution in [3.8, 4) is 11.1 Å². The van der Waals surface area contributed by atoms with E-state index in [2.05, 4.69) is 17.4 Å². The van der Waals surface area contributed by atoms with Crippen molar-refractivity contribution >= 4 is 18.0 Å². The molecule has 0 bridgehead atoms. The molecule has 0 aromatic heterocycles. The van der Waals surface area contributed by atoms with E-state index in [-0.39, 0.29) is 31.9 Å². The normalized spacial score (nSPS) is 19.7. The van der Waals surface area contributed by atoms with Gasteiger partial charge in [-0.1, -0.05) is 68.3 Å². The van der Waals surface area contributed by atoms with Crippen LogP contribution >= 0.6 is 0 Å². The lowest BCUT2D eigenvalue weighted by atomic mass is 9.98. The lowest BCUT2D eigenvalue weighted by Crippen LogP contribution is -2.45. The van der Waals surface area contributed by atoms with Gasteiger partial charge in [0.2, 0.25) is 5.91 Å². The molecule has 2 amide bonds. The largest absolute Gasteiger partial charge is 0.480 e. The van der Waals surface area contributed by atoms with Gasteiger partial charge in [-0.3, -0.25) is 4.79 Å². The number of hydrogen-bond donors (Lipinski definition) is 3. The van der Waals surface area contributed by atoms with Gasteiger partial charge in [0.1, 0.15) is 12.6 Å². The second-order valence-electron chi connectivity index (χ2n) is 9.30. The molecule has 0 spiro atoms. The molecule has 1 saturated heterocycles. The van der Waals surface area contributed by atoms with E-state index in [0.29, 0.717) is 6.42 Å². The van der Waals surface area contributed by atoms with Crippen molar-refractivity contribution in [1.82, 2.24) is 10.2 Å². The first-order chi connectivity index (χ1) is 16.9. The Morgan fingerprint density at radius 1 is 1.09 bits per heavy atom. The van der Waals surface area contributed by atoms with E-state index in [4.69, 9.17) is 4.74 Å². The molecule has 1 aliphatic heterocycles. The summed E-state index contributed by atoms with van der Waals surface area (Å²) in [4.78, 5) is 38.3. The SMILES string of the molecule is CCCC[C@@H](CC(=O)N1C[C@H](O)C[C@H]1C(=O)O)NC(=O)OCC1c2ccccc2-c2ccccc21. The lowest BCUT2D eigenvalue weighted by molar-refractivity contribution is -0.148. The summed E-state index contributed by atoms with van der Waals surface area (Å²) in [7, 11) is 0. The van der Waals surface area contributed by atoms with Gasteiger partial charge >= 0.3 is 12.1 Å². The number of hydrogen-bond acceptors (Lipinski definition) is 5. The first-order valence-electron chi connectivity index (χ1n) is 12.2. The lowest BCUT2D eigenvalue weighted by Gasteiger charge is -2.25. The Balaban J connectivity index is 1.39. The Morgan fingerprint density at radius 3 is 2.31 bits per heavy atom. The number of benzene rings is 2. The zero-order chi connectivity index (χ0) is 24.9. The Morgan fingerprint density at radius 2 is 1.71 bits per heavy atom. The van der Waals surface area contributed by atoms with Gasteiger partial charge in [0, 0.05) is 31.3 Å². The maximum absolute atomic E-state index is 12.9. The molecule has 186 valence electrons. The number of carboxylic acids is 1. The topological polar surface area (TPSA) is 116 Å². The van der Waals surface area contributed by atoms with Gasteiger partial charge in [-0.2, -0.15) is 0 Å². The van der Waals surface area contributed by atoms with Crippen LogP contribution in [-0.2, 0) is 14.3 Å². The highest BCUT2D eigenvalue weighted by molar-refractivity contribution is 5.85. The molecule has 1 fully saturated rings. The fraction of sp³-hybridized carbons (Fsp3) is 0.444. The van der Waals surface area contributed by atoms with Crippen molar-refractivity contribution in [2.45, 2.75) is 63.1 Å². The van der Waals surface area contributed by atoms with Crippen LogP contribution in [0.1, 0.15) is 56.1 Å². The van der Waals surface area contributed by atoms with Crippen LogP contribution in [0.15, 0.2) is 48.5 Å². The highest BCUT2D eigenvalue weighted by Gasteiger charge is 2.39. The number of likely N-dealkylation sites (tertiary alicyclic amines) is 1. The highest BCUT2D eigenvalue weighted by atomic mass is 16.5. The van der Waals surface area contributed by atoms with E-state index in [1.807, 2.05) is 43.3 Å². The molecule has 2 aromatic carbocycles. The summed E-state index contributed by atoms with van der Waals surface area (Å²) in [6.07, 6.45) is 0.771. The van der Waals surface area contributed by atoms with Crippen LogP contribution in [-0.4, -0.2) is 64.4 Å². The van der Waals surface area contributed by atoms with Gasteiger partial charge in [-0.15, -0.1) is 0 Å². The molecule has 2 aliphatic rings. The Bertz CT molecular complexity index is 1040. The number of carbonyl (C=O) groups is 3. The molecular formula is C27H32N2O6. The number of β-amino-alcohol motifs (C(OH)–C–C–N with tert-alkyl or cyclic N) is 1. The molecule has 4 rings (SSSR count). The summed E-state index contributed by atoms with van der Waals surface area (Å²) in [6, 6.07) is 14.7. The number of rotatable bonds is 9. The predicted molar refractivity (Wildman–Crippen MR) is 130 cm³/mol. The quantitative estimate of drug-likeness (QED) is 0.506. The van der Waals surface area contributed by atoms with Gasteiger partial charge in [-0.25, -0.2) is 9.59 Å². The number of amides is 2. The number of aliphatic hydroxyl groups excluding tert-OH is 1. The smallest absolute Gasteiger partial charge is 0.407 e. The average Bonchev–Trinajstić information content (AvgIpc) is 3.39. The van der Waals surface area contributed by atoms with E-state index < -0.39 is 36.2 Å². The molecule has 35 heavy (non-hydrogen) atoms. The zero-order valence-electron chi connectivity index (χ0n) is 19.9. The molecule has 0 unspecified atom stereocenters. The first kappa shape index (κ1) is 24.7. The number of alkyl carbamates (subject to hydrolysis) is 1. The molecule has 3 N–H and O–H groups in total. The van der Waals surface area contributed by atoms with Gasteiger partial charge in [0.15, 0.2) is 0 Å². The van der Waals surface area contributed by atoms with Crippen LogP contribution in [0.25, 0.3) is 11.1 Å². The Kier molecular flexibility index (Phi) is 7.70. The molecule has 8 heteroatoms. The monoisotopic (exact) mass is 480 g/mol. The average molecular weight is 481 g/mol. The number of carboxylic acid groups (broad SMARTS) is 1. The highest BCUT2D eigenvalue weighted by Crippen LogP contribution is 2.44. The summed E-state index contributed by atoms with van der Waals surface area (Å²) in [6.45, 7) is 2.18. The summed E-state index contributed by atoms with van der Waals surface area (Å²) >= 11 is 0. The summed E-state index contributed by atoms with van der Waals surface area (Å²) in [5.74, 6) is -1.59. The van der Waals surface area contributed by atoms with Crippen molar-refractivity contribution in [1.29, 1.82) is 0 Å². The number of ether oxygens (including phenoxy) is 1. The fourth-order valence-electron chi connectivity index (χ4n) is 5.13. The summed E-state index contributed by atoms with van der Waals surface area (Å²) < 4.78 is 5.62. The maximum atomic E-state index is 12.9. The van der Waals surface area contributed by atoms with Crippen LogP contribution < -0.4 is 5.32 Å². The minimum absolute atomic E-state index is 0.0127. The third-order valence-electron chi connectivity index (χ3n) is 6.88. The van der Waals surface area contributed by atoms with Gasteiger partial charge in [0.05, 0.1) is 6.10 Å². The molecule has 2 aromatic rings. The van der Waals surface area contributed by atoms with Crippen molar-refractivity contribution < 1.29 is 29.3 Å². The number of nitrogens with zero attached hydrogens (tertiary/aromatic N) is 1. The standard InChI is InChI=1S/C27H32N2O6/c1-2-3-8-17(13-25(31)29-15-18(30)14-24(29)26(32)33)28-27(34)35-16-23-21-11-6-4-9-19(21)20-10-5-7-12-22(20)23/h4-7,9-12,17-18,23-24,30H,2-3,8,13-16H2,1H3,(H,28,34)(H,32,33)/t17-,18+,24-/m0/s1. The number of unbranched alkanes of at least 4 members (excludes halogenated alkanes) is 1. The number of nitrogens with one attached hydrogen (secondary N) is 1. The first-order valence-corrected chi connectivity index (χ1v) is 12.2. The van der Waals surface area contributed by atoms with Gasteiger partial charge < -0.3 is 25.2 Å². The van der Waals surface area contributed by atoms with E-state index in [1.54, 1.807) is 0 Å². The fourth-order valence-corrected chi connectivity index (χ4v) is 5.13. The molecule has 3 atom stereocenters. The number of fused-ring (bicyclic) bond motifs is 3. The Hall–Kier alpha value is -3.39. The molecule has 8 nitrogen and oxygen atoms in total. The molecule has 0 radical (unpaired) electrons. The van der Waals surface area contributed by atoms with Crippen molar-refractivity contribution in [2.24, 2.45) is 0 Å². The van der Waals surface area contributed by atoms with Crippen molar-refractivity contribution in [2.75, 3.05) is 13.2 Å². The molecule has 1 heterocycles. The molecule has 0 saturated carbocycles. The number of aliphatic carboxylic acids is 1. The zero-order valence-corrected chi connectivity index (χ0v) is 19.9. The summed E-state index contributed by atoms with van der Waals surface area (Å²) in [5, 5.41) is 22.1. The minimum Gasteiger partial charge on any atom is -0.480 e. The van der Waals surface area contributed by atoms with E-state index in [0.717, 1.165) is 35.1 Å². The van der Waals surface area contributed by atoms with Gasteiger partial charge in [0.25, 0.3) is 0 Å². The third-order valence-corrected chi connectivity index (χ3v) is 6.88. The number of carbonyl (C=O) groups excluding carboxylic acids is 2. The number of aliphatic hydroxyl groups is 1. The van der Waals surface area contributed by atoms with Crippen LogP contribution in [0.4, 0.5) is 4.79 Å². The van der Waals surface area contributed by atoms with Crippen LogP contribution in [0.2, 0.25) is 0 Å². The predicted octanol–water partition coefficient (Wildman–Crippen LogP) is 3.52. The Labute approximate surface area is 204 Å². The van der Waals surface area contributed by atoms with Gasteiger partial charge in [-0.05, 0) is 28.7 Å². The maximum Gasteiger partial charge on any atom is 0.407 e. The summed E-state index contributed by atoms with van der Waals surface area (Å²) in [5.41, 5.74) is 4.52. The van der Waals surface area contributed by atoms with Crippen molar-refractivity contribution in [3.05, 3.63) is 59.7 Å². The van der Waals surface area contributed by atoms with E-state index in [9.17, 15) is 24.6 Å². The van der Waals surface area contributed by atoms with Crippen LogP contribution in [0.5, 0.6) is 0 Å². The van der Waals surface area contributed by atoms with E-state index >= 15 is 0 Å². The van der Waals surface area contributed by atoms with Crippen LogP contribution in [0.3, 0.4) is 0 Å². The van der Waals surface area contributed by atoms with Crippen molar-refractivity contribution in [3.63, 3.8) is 0 Å².